The maximum Gasteiger partial charge on any atom is 0.397 e. The van der Waals surface area contributed by atoms with Gasteiger partial charge in [0.05, 0.1) is 5.41 Å². The highest BCUT2D eigenvalue weighted by molar-refractivity contribution is 5.22. The highest BCUT2D eigenvalue weighted by atomic mass is 19.4. The molecule has 0 aromatic heterocycles. The molecule has 0 radical (unpaired) electrons. The zero-order chi connectivity index (χ0) is 9.74. The Labute approximate surface area is 74.8 Å². The van der Waals surface area contributed by atoms with Crippen molar-refractivity contribution >= 4 is 0 Å². The summed E-state index contributed by atoms with van der Waals surface area (Å²) in [5.74, 6) is 0. The van der Waals surface area contributed by atoms with Crippen LogP contribution in [0.5, 0.6) is 0 Å². The number of fused-ring (bicyclic) bond motifs is 2. The van der Waals surface area contributed by atoms with Gasteiger partial charge in [0.25, 0.3) is 0 Å². The van der Waals surface area contributed by atoms with Gasteiger partial charge in [-0.3, -0.25) is 0 Å². The zero-order valence-electron chi connectivity index (χ0n) is 7.19. The molecule has 0 heterocycles. The molecule has 0 aromatic carbocycles. The number of nitrogens with two attached hydrogens (primary N) is 1. The molecular weight excluding hydrogens is 179 g/mol. The highest BCUT2D eigenvalue weighted by Crippen LogP contribution is 2.55. The Balaban J connectivity index is 2.34. The summed E-state index contributed by atoms with van der Waals surface area (Å²) >= 11 is 0. The standard InChI is InChI=1S/C9H12F3N/c10-9(11,12)7-1-4-8(13,5-2-7)6-3-7/h1,4H,2-3,5-6,13H2. The number of rotatable bonds is 0. The minimum absolute atomic E-state index is 0.156. The Kier molecular flexibility index (Phi) is 1.60. The zero-order valence-corrected chi connectivity index (χ0v) is 7.19. The minimum Gasteiger partial charge on any atom is -0.322 e. The first-order valence-corrected chi connectivity index (χ1v) is 4.43. The maximum atomic E-state index is 12.7. The van der Waals surface area contributed by atoms with Gasteiger partial charge >= 0.3 is 6.18 Å². The molecule has 1 fully saturated rings. The van der Waals surface area contributed by atoms with Crippen LogP contribution in [0.2, 0.25) is 0 Å². The average Bonchev–Trinajstić information content (AvgIpc) is 2.04. The van der Waals surface area contributed by atoms with Crippen LogP contribution in [-0.2, 0) is 0 Å². The van der Waals surface area contributed by atoms with Gasteiger partial charge < -0.3 is 5.73 Å². The van der Waals surface area contributed by atoms with E-state index in [1.165, 1.54) is 6.08 Å². The van der Waals surface area contributed by atoms with E-state index in [4.69, 9.17) is 5.73 Å². The lowest BCUT2D eigenvalue weighted by Crippen LogP contribution is -2.52. The summed E-state index contributed by atoms with van der Waals surface area (Å²) in [5.41, 5.74) is 3.83. The van der Waals surface area contributed by atoms with E-state index in [0.717, 1.165) is 0 Å². The number of hydrogen-bond acceptors (Lipinski definition) is 1. The first kappa shape index (κ1) is 9.06. The third kappa shape index (κ3) is 1.19. The molecule has 3 aliphatic carbocycles. The first-order valence-electron chi connectivity index (χ1n) is 4.43. The molecule has 0 aromatic rings. The predicted octanol–water partition coefficient (Wildman–Crippen LogP) is 2.38. The normalized spacial score (nSPS) is 44.0. The molecule has 0 aliphatic heterocycles. The Hall–Kier alpha value is -0.510. The lowest BCUT2D eigenvalue weighted by molar-refractivity contribution is -0.220. The smallest absolute Gasteiger partial charge is 0.322 e. The summed E-state index contributed by atoms with van der Waals surface area (Å²) in [7, 11) is 0. The van der Waals surface area contributed by atoms with E-state index in [2.05, 4.69) is 0 Å². The molecule has 0 unspecified atom stereocenters. The molecular formula is C9H12F3N. The Morgan fingerprint density at radius 3 is 1.85 bits per heavy atom. The largest absolute Gasteiger partial charge is 0.397 e. The summed E-state index contributed by atoms with van der Waals surface area (Å²) in [6, 6.07) is 0. The van der Waals surface area contributed by atoms with Gasteiger partial charge in [-0.2, -0.15) is 13.2 Å². The quantitative estimate of drug-likeness (QED) is 0.584. The maximum absolute atomic E-state index is 12.7. The second-order valence-electron chi connectivity index (χ2n) is 4.22. The van der Waals surface area contributed by atoms with Gasteiger partial charge in [0.2, 0.25) is 0 Å². The summed E-state index contributed by atoms with van der Waals surface area (Å²) in [6.07, 6.45) is -0.0439. The number of halogens is 3. The fraction of sp³-hybridized carbons (Fsp3) is 0.778. The molecule has 3 rings (SSSR count). The predicted molar refractivity (Wildman–Crippen MR) is 43.0 cm³/mol. The van der Waals surface area contributed by atoms with Crippen molar-refractivity contribution in [2.75, 3.05) is 0 Å². The van der Waals surface area contributed by atoms with Gasteiger partial charge in [-0.15, -0.1) is 0 Å². The lowest BCUT2D eigenvalue weighted by atomic mass is 9.62. The Bertz CT molecular complexity index is 246. The van der Waals surface area contributed by atoms with Gasteiger partial charge in [-0.1, -0.05) is 12.2 Å². The molecule has 4 heteroatoms. The molecule has 0 saturated heterocycles. The molecule has 13 heavy (non-hydrogen) atoms. The Morgan fingerprint density at radius 1 is 1.00 bits per heavy atom. The van der Waals surface area contributed by atoms with Crippen LogP contribution in [0, 0.1) is 5.41 Å². The second-order valence-corrected chi connectivity index (χ2v) is 4.22. The van der Waals surface area contributed by atoms with Crippen LogP contribution in [0.1, 0.15) is 25.7 Å². The summed E-state index contributed by atoms with van der Waals surface area (Å²) in [4.78, 5) is 0. The van der Waals surface area contributed by atoms with Crippen molar-refractivity contribution < 1.29 is 13.2 Å². The molecule has 1 saturated carbocycles. The molecule has 1 nitrogen and oxygen atoms in total. The molecule has 2 N–H and O–H groups in total. The van der Waals surface area contributed by atoms with E-state index in [-0.39, 0.29) is 12.8 Å². The molecule has 0 spiro atoms. The third-order valence-electron chi connectivity index (χ3n) is 3.37. The summed E-state index contributed by atoms with van der Waals surface area (Å²) in [5, 5.41) is 0. The van der Waals surface area contributed by atoms with Crippen LogP contribution in [0.3, 0.4) is 0 Å². The monoisotopic (exact) mass is 191 g/mol. The van der Waals surface area contributed by atoms with E-state index in [1.54, 1.807) is 6.08 Å². The van der Waals surface area contributed by atoms with Gasteiger partial charge in [0.1, 0.15) is 0 Å². The van der Waals surface area contributed by atoms with Crippen molar-refractivity contribution in [2.24, 2.45) is 11.1 Å². The first-order chi connectivity index (χ1) is 5.87. The molecule has 2 bridgehead atoms. The van der Waals surface area contributed by atoms with Crippen LogP contribution in [0.15, 0.2) is 12.2 Å². The van der Waals surface area contributed by atoms with Crippen molar-refractivity contribution in [3.05, 3.63) is 12.2 Å². The van der Waals surface area contributed by atoms with E-state index in [9.17, 15) is 13.2 Å². The van der Waals surface area contributed by atoms with E-state index >= 15 is 0 Å². The van der Waals surface area contributed by atoms with Crippen molar-refractivity contribution in [1.29, 1.82) is 0 Å². The SMILES string of the molecule is NC12C=CC(C(F)(F)F)(CC1)CC2. The lowest BCUT2D eigenvalue weighted by Gasteiger charge is -2.47. The van der Waals surface area contributed by atoms with Crippen molar-refractivity contribution in [3.63, 3.8) is 0 Å². The van der Waals surface area contributed by atoms with Gasteiger partial charge in [0, 0.05) is 5.54 Å². The molecule has 74 valence electrons. The molecule has 0 amide bonds. The number of allylic oxidation sites excluding steroid dienone is 1. The van der Waals surface area contributed by atoms with Crippen molar-refractivity contribution in [1.82, 2.24) is 0 Å². The molecule has 3 aliphatic rings. The fourth-order valence-corrected chi connectivity index (χ4v) is 2.20. The van der Waals surface area contributed by atoms with Crippen molar-refractivity contribution in [2.45, 2.75) is 37.4 Å². The number of alkyl halides is 3. The van der Waals surface area contributed by atoms with Gasteiger partial charge in [-0.05, 0) is 25.7 Å². The average molecular weight is 191 g/mol. The van der Waals surface area contributed by atoms with E-state index < -0.39 is 17.1 Å². The topological polar surface area (TPSA) is 26.0 Å². The van der Waals surface area contributed by atoms with Gasteiger partial charge in [-0.25, -0.2) is 0 Å². The van der Waals surface area contributed by atoms with Crippen molar-refractivity contribution in [3.8, 4) is 0 Å². The van der Waals surface area contributed by atoms with Crippen LogP contribution in [-0.4, -0.2) is 11.7 Å². The minimum atomic E-state index is -4.11. The summed E-state index contributed by atoms with van der Waals surface area (Å²) in [6.45, 7) is 0. The van der Waals surface area contributed by atoms with Crippen LogP contribution in [0.25, 0.3) is 0 Å². The Morgan fingerprint density at radius 2 is 1.54 bits per heavy atom. The van der Waals surface area contributed by atoms with E-state index in [1.807, 2.05) is 0 Å². The third-order valence-corrected chi connectivity index (χ3v) is 3.37. The second kappa shape index (κ2) is 2.29. The van der Waals surface area contributed by atoms with Gasteiger partial charge in [0.15, 0.2) is 0 Å². The van der Waals surface area contributed by atoms with E-state index in [0.29, 0.717) is 12.8 Å². The highest BCUT2D eigenvalue weighted by Gasteiger charge is 2.57. The van der Waals surface area contributed by atoms with Crippen LogP contribution >= 0.6 is 0 Å². The summed E-state index contributed by atoms with van der Waals surface area (Å²) < 4.78 is 38.0. The van der Waals surface area contributed by atoms with Crippen LogP contribution in [0.4, 0.5) is 13.2 Å². The molecule has 0 atom stereocenters. The van der Waals surface area contributed by atoms with Crippen LogP contribution < -0.4 is 5.73 Å². The number of hydrogen-bond donors (Lipinski definition) is 1. The fourth-order valence-electron chi connectivity index (χ4n) is 2.20.